The third-order valence-corrected chi connectivity index (χ3v) is 1.30. The molecule has 0 bridgehead atoms. The third kappa shape index (κ3) is 2.84. The first-order valence-electron chi connectivity index (χ1n) is 4.11. The van der Waals surface area contributed by atoms with Crippen LogP contribution in [0.2, 0.25) is 0 Å². The molecule has 0 aliphatic carbocycles. The van der Waals surface area contributed by atoms with Crippen molar-refractivity contribution in [3.63, 3.8) is 0 Å². The van der Waals surface area contributed by atoms with Crippen molar-refractivity contribution in [3.05, 3.63) is 0 Å². The molecule has 4 atom stereocenters. The number of aliphatic hydroxyl groups excluding tert-OH is 4. The van der Waals surface area contributed by atoms with Gasteiger partial charge in [-0.2, -0.15) is 0 Å². The van der Waals surface area contributed by atoms with Crippen molar-refractivity contribution in [2.75, 3.05) is 6.56 Å². The van der Waals surface area contributed by atoms with Gasteiger partial charge in [0.1, 0.15) is 24.4 Å². The van der Waals surface area contributed by atoms with Gasteiger partial charge in [0.2, 0.25) is 0 Å². The first kappa shape index (κ1) is 8.09. The quantitative estimate of drug-likeness (QED) is 0.284. The molecule has 0 aliphatic rings. The van der Waals surface area contributed by atoms with Crippen molar-refractivity contribution in [3.8, 4) is 0 Å². The Bertz CT molecular complexity index is 193. The minimum Gasteiger partial charge on any atom is -0.394 e. The van der Waals surface area contributed by atoms with Gasteiger partial charge < -0.3 is 30.3 Å². The van der Waals surface area contributed by atoms with Crippen LogP contribution in [0.3, 0.4) is 0 Å². The molecule has 5 N–H and O–H groups in total. The first-order valence-corrected chi connectivity index (χ1v) is 3.11. The highest BCUT2D eigenvalue weighted by molar-refractivity contribution is 5.56. The Morgan fingerprint density at radius 1 is 1.25 bits per heavy atom. The number of hydrogen-bond donors (Lipinski definition) is 5. The summed E-state index contributed by atoms with van der Waals surface area (Å²) in [4.78, 5) is 9.96. The first-order chi connectivity index (χ1) is 6.21. The van der Waals surface area contributed by atoms with E-state index in [1.807, 2.05) is 0 Å². The van der Waals surface area contributed by atoms with Crippen LogP contribution in [-0.4, -0.2) is 62.8 Å². The fourth-order valence-corrected chi connectivity index (χ4v) is 0.546. The second kappa shape index (κ2) is 5.18. The molecule has 0 aliphatic heterocycles. The van der Waals surface area contributed by atoms with E-state index < -0.39 is 31.0 Å². The predicted octanol–water partition coefficient (Wildman–Crippen LogP) is -3.38. The Labute approximate surface area is 71.5 Å². The number of carbonyl (C=O) groups is 1. The molecule has 0 heterocycles. The van der Waals surface area contributed by atoms with Crippen molar-refractivity contribution < 1.29 is 33.1 Å². The summed E-state index contributed by atoms with van der Waals surface area (Å²) in [7, 11) is 0. The minimum atomic E-state index is -3.14. The van der Waals surface area contributed by atoms with Gasteiger partial charge in [-0.3, -0.25) is 0 Å². The zero-order valence-electron chi connectivity index (χ0n) is 8.03. The Morgan fingerprint density at radius 3 is 2.08 bits per heavy atom. The fraction of sp³-hybridized carbons (Fsp3) is 0.833. The van der Waals surface area contributed by atoms with Crippen molar-refractivity contribution in [1.82, 2.24) is 0 Å². The molecule has 0 saturated heterocycles. The maximum atomic E-state index is 9.96. The predicted molar refractivity (Wildman–Crippen MR) is 37.2 cm³/mol. The Morgan fingerprint density at radius 2 is 1.75 bits per heavy atom. The molecule has 72 valence electrons. The average molecular weight is 184 g/mol. The largest absolute Gasteiger partial charge is 0.394 e. The number of rotatable bonds is 5. The van der Waals surface area contributed by atoms with Crippen LogP contribution in [0, 0.1) is 0 Å². The molecule has 0 rings (SSSR count). The minimum absolute atomic E-state index is 0.0897. The molecule has 0 fully saturated rings. The lowest BCUT2D eigenvalue weighted by Crippen LogP contribution is -2.46. The van der Waals surface area contributed by atoms with E-state index in [0.717, 1.165) is 0 Å². The van der Waals surface area contributed by atoms with Crippen molar-refractivity contribution >= 4 is 6.29 Å². The molecule has 0 amide bonds. The molecule has 0 saturated carbocycles. The van der Waals surface area contributed by atoms with E-state index in [1.165, 1.54) is 0 Å². The highest BCUT2D eigenvalue weighted by atomic mass is 16.4. The van der Waals surface area contributed by atoms with E-state index in [1.54, 1.807) is 0 Å². The zero-order chi connectivity index (χ0) is 11.5. The van der Waals surface area contributed by atoms with Gasteiger partial charge >= 0.3 is 0 Å². The topological polar surface area (TPSA) is 118 Å². The molecule has 0 radical (unpaired) electrons. The van der Waals surface area contributed by atoms with E-state index >= 15 is 0 Å². The lowest BCUT2D eigenvalue weighted by atomic mass is 10.0. The van der Waals surface area contributed by atoms with Crippen molar-refractivity contribution in [1.29, 1.82) is 0 Å². The van der Waals surface area contributed by atoms with E-state index in [9.17, 15) is 4.79 Å². The molecular formula is C6H12O6. The van der Waals surface area contributed by atoms with Gasteiger partial charge in [0, 0.05) is 0 Å². The second-order valence-electron chi connectivity index (χ2n) is 2.18. The van der Waals surface area contributed by atoms with Crippen LogP contribution in [-0.2, 0) is 4.79 Å². The van der Waals surface area contributed by atoms with Gasteiger partial charge in [0.05, 0.1) is 9.30 Å². The van der Waals surface area contributed by atoms with Crippen LogP contribution >= 0.6 is 0 Å². The van der Waals surface area contributed by atoms with Gasteiger partial charge in [0.25, 0.3) is 0 Å². The lowest BCUT2D eigenvalue weighted by Gasteiger charge is -2.22. The molecule has 0 aromatic heterocycles. The van der Waals surface area contributed by atoms with E-state index in [0.29, 0.717) is 0 Å². The van der Waals surface area contributed by atoms with E-state index in [-0.39, 0.29) is 6.29 Å². The second-order valence-corrected chi connectivity index (χ2v) is 2.18. The number of aldehydes is 1. The summed E-state index contributed by atoms with van der Waals surface area (Å²) in [6.45, 7) is -3.14. The van der Waals surface area contributed by atoms with E-state index in [2.05, 4.69) is 0 Å². The summed E-state index contributed by atoms with van der Waals surface area (Å²) in [5.74, 6) is 0. The molecule has 6 heteroatoms. The molecule has 0 unspecified atom stereocenters. The van der Waals surface area contributed by atoms with Gasteiger partial charge in [-0.15, -0.1) is 0 Å². The fourth-order valence-electron chi connectivity index (χ4n) is 0.546. The van der Waals surface area contributed by atoms with Crippen molar-refractivity contribution in [2.45, 2.75) is 24.4 Å². The average Bonchev–Trinajstić information content (AvgIpc) is 2.11. The molecule has 6 nitrogen and oxygen atoms in total. The molecule has 0 spiro atoms. The number of aliphatic hydroxyl groups is 5. The normalized spacial score (nSPS) is 24.8. The summed E-state index contributed by atoms with van der Waals surface area (Å²) in [5.41, 5.74) is 0. The summed E-state index contributed by atoms with van der Waals surface area (Å²) in [5, 5.41) is 44.2. The van der Waals surface area contributed by atoms with E-state index in [4.69, 9.17) is 28.3 Å². The summed E-state index contributed by atoms with van der Waals surface area (Å²) >= 11 is 0. The molecular weight excluding hydrogens is 168 g/mol. The maximum Gasteiger partial charge on any atom is 0.151 e. The standard InChI is InChI=1S/C6H12O6/c7-1-3(9)5(11)6(12)4(10)2-8/h1,3-6,8-12H,2H2/t3-,4+,5-,6+/m0/s1/i2T2. The smallest absolute Gasteiger partial charge is 0.151 e. The summed E-state index contributed by atoms with van der Waals surface area (Å²) in [6, 6.07) is 0. The monoisotopic (exact) mass is 184 g/mol. The van der Waals surface area contributed by atoms with Gasteiger partial charge in [-0.25, -0.2) is 0 Å². The third-order valence-electron chi connectivity index (χ3n) is 1.30. The summed E-state index contributed by atoms with van der Waals surface area (Å²) in [6.07, 6.45) is -8.61. The van der Waals surface area contributed by atoms with Gasteiger partial charge in [0.15, 0.2) is 6.29 Å². The van der Waals surface area contributed by atoms with Crippen LogP contribution in [0.4, 0.5) is 0 Å². The maximum absolute atomic E-state index is 9.96. The molecule has 12 heavy (non-hydrogen) atoms. The van der Waals surface area contributed by atoms with Crippen LogP contribution in [0.1, 0.15) is 2.74 Å². The summed E-state index contributed by atoms with van der Waals surface area (Å²) < 4.78 is 13.2. The van der Waals surface area contributed by atoms with Gasteiger partial charge in [-0.05, 0) is 0 Å². The SMILES string of the molecule is [3H]C([3H])(O)[C@@H](O)[C@@H](O)[C@@H](O)[C@@H](O)C=O. The van der Waals surface area contributed by atoms with Crippen LogP contribution in [0.25, 0.3) is 0 Å². The zero-order valence-corrected chi connectivity index (χ0v) is 6.03. The number of carbonyl (C=O) groups excluding carboxylic acids is 1. The Hall–Kier alpha value is -0.530. The lowest BCUT2D eigenvalue weighted by molar-refractivity contribution is -0.136. The highest BCUT2D eigenvalue weighted by Gasteiger charge is 2.29. The molecule has 0 aromatic rings. The number of hydrogen-bond acceptors (Lipinski definition) is 6. The Kier molecular flexibility index (Phi) is 3.49. The van der Waals surface area contributed by atoms with Crippen LogP contribution in [0.15, 0.2) is 0 Å². The highest BCUT2D eigenvalue weighted by Crippen LogP contribution is 2.02. The van der Waals surface area contributed by atoms with Gasteiger partial charge in [-0.1, -0.05) is 0 Å². The van der Waals surface area contributed by atoms with Crippen LogP contribution < -0.4 is 0 Å². The Balaban J connectivity index is 4.46. The van der Waals surface area contributed by atoms with Crippen LogP contribution in [0.5, 0.6) is 0 Å². The van der Waals surface area contributed by atoms with Crippen molar-refractivity contribution in [2.24, 2.45) is 0 Å². The molecule has 0 aromatic carbocycles.